The van der Waals surface area contributed by atoms with E-state index in [1.807, 2.05) is 0 Å². The van der Waals surface area contributed by atoms with Gasteiger partial charge >= 0.3 is 0 Å². The van der Waals surface area contributed by atoms with Crippen LogP contribution < -0.4 is 4.74 Å². The van der Waals surface area contributed by atoms with Gasteiger partial charge in [-0.3, -0.25) is 14.5 Å². The van der Waals surface area contributed by atoms with E-state index in [-0.39, 0.29) is 16.5 Å². The molecule has 2 amide bonds. The highest BCUT2D eigenvalue weighted by Crippen LogP contribution is 2.33. The summed E-state index contributed by atoms with van der Waals surface area (Å²) in [5.74, 6) is 1.53. The minimum Gasteiger partial charge on any atom is -0.495 e. The van der Waals surface area contributed by atoms with Crippen LogP contribution in [0.3, 0.4) is 0 Å². The molecule has 3 rings (SSSR count). The Hall–Kier alpha value is -0.900. The van der Waals surface area contributed by atoms with E-state index in [1.54, 1.807) is 39.8 Å². The monoisotopic (exact) mass is 400 g/mol. The lowest BCUT2D eigenvalue weighted by molar-refractivity contribution is 0.0789. The van der Waals surface area contributed by atoms with Gasteiger partial charge in [0.25, 0.3) is 11.8 Å². The number of nitrogens with zero attached hydrogens (tertiary/aromatic N) is 2. The lowest BCUT2D eigenvalue weighted by Crippen LogP contribution is -2.34. The molecule has 0 bridgehead atoms. The van der Waals surface area contributed by atoms with Gasteiger partial charge in [0.15, 0.2) is 0 Å². The lowest BCUT2D eigenvalue weighted by Gasteiger charge is -2.22. The molecule has 0 aliphatic carbocycles. The van der Waals surface area contributed by atoms with Gasteiger partial charge in [-0.25, -0.2) is 0 Å². The predicted octanol–water partition coefficient (Wildman–Crippen LogP) is 2.57. The normalized spacial score (nSPS) is 20.6. The molecule has 1 aromatic rings. The van der Waals surface area contributed by atoms with Gasteiger partial charge in [-0.15, -0.1) is 24.4 Å². The molecule has 5 nitrogen and oxygen atoms in total. The van der Waals surface area contributed by atoms with Gasteiger partial charge < -0.3 is 9.64 Å². The number of ether oxygens (including phenoxy) is 1. The number of hydrogen-bond acceptors (Lipinski definition) is 7. The number of rotatable bonds is 3. The first-order chi connectivity index (χ1) is 11.5. The highest BCUT2D eigenvalue weighted by molar-refractivity contribution is 8.23. The van der Waals surface area contributed by atoms with Crippen LogP contribution in [0.4, 0.5) is 0 Å². The first kappa shape index (κ1) is 17.9. The zero-order valence-electron chi connectivity index (χ0n) is 12.9. The molecule has 2 fully saturated rings. The minimum absolute atomic E-state index is 0.176. The Kier molecular flexibility index (Phi) is 5.63. The molecule has 0 aromatic heterocycles. The maximum atomic E-state index is 12.8. The molecular formula is C15H16N2O3S4. The summed E-state index contributed by atoms with van der Waals surface area (Å²) in [7, 11) is 1.47. The zero-order chi connectivity index (χ0) is 17.3. The van der Waals surface area contributed by atoms with E-state index in [9.17, 15) is 9.59 Å². The van der Waals surface area contributed by atoms with E-state index >= 15 is 0 Å². The van der Waals surface area contributed by atoms with Crippen molar-refractivity contribution in [2.75, 3.05) is 31.7 Å². The molecule has 1 atom stereocenters. The summed E-state index contributed by atoms with van der Waals surface area (Å²) in [4.78, 5) is 28.9. The molecule has 2 saturated heterocycles. The van der Waals surface area contributed by atoms with Gasteiger partial charge in [0, 0.05) is 24.6 Å². The van der Waals surface area contributed by atoms with Crippen LogP contribution in [0.25, 0.3) is 0 Å². The van der Waals surface area contributed by atoms with Crippen molar-refractivity contribution in [1.82, 2.24) is 9.80 Å². The summed E-state index contributed by atoms with van der Waals surface area (Å²) in [6.45, 7) is 1.21. The largest absolute Gasteiger partial charge is 0.495 e. The van der Waals surface area contributed by atoms with Crippen LogP contribution in [0.15, 0.2) is 18.2 Å². The summed E-state index contributed by atoms with van der Waals surface area (Å²) in [6, 6.07) is 5.05. The third-order valence-electron chi connectivity index (χ3n) is 3.81. The molecule has 2 aliphatic rings. The molecule has 0 N–H and O–H groups in total. The number of para-hydroxylation sites is 1. The van der Waals surface area contributed by atoms with E-state index in [4.69, 9.17) is 17.0 Å². The van der Waals surface area contributed by atoms with Crippen molar-refractivity contribution in [3.63, 3.8) is 0 Å². The Morgan fingerprint density at radius 3 is 2.50 bits per heavy atom. The van der Waals surface area contributed by atoms with Crippen LogP contribution in [0.5, 0.6) is 5.75 Å². The van der Waals surface area contributed by atoms with Crippen LogP contribution in [0.1, 0.15) is 20.7 Å². The average Bonchev–Trinajstić information content (AvgIpc) is 3.21. The SMILES string of the molecule is COc1c(C(=O)N2CCSC2=S)cccc1C(=O)N1CCS[C@@H]1S. The van der Waals surface area contributed by atoms with Crippen LogP contribution in [-0.4, -0.2) is 62.3 Å². The number of methoxy groups -OCH3 is 1. The number of thioether (sulfide) groups is 2. The van der Waals surface area contributed by atoms with E-state index < -0.39 is 0 Å². The fraction of sp³-hybridized carbons (Fsp3) is 0.400. The zero-order valence-corrected chi connectivity index (χ0v) is 16.3. The number of carbonyl (C=O) groups is 2. The summed E-state index contributed by atoms with van der Waals surface area (Å²) in [5.41, 5.74) is 0.735. The second-order valence-corrected chi connectivity index (χ2v) is 8.91. The smallest absolute Gasteiger partial charge is 0.263 e. The van der Waals surface area contributed by atoms with Gasteiger partial charge in [-0.05, 0) is 12.1 Å². The number of carbonyl (C=O) groups excluding carboxylic acids is 2. The molecule has 0 spiro atoms. The Balaban J connectivity index is 1.95. The van der Waals surface area contributed by atoms with Gasteiger partial charge in [-0.1, -0.05) is 30.0 Å². The molecule has 2 heterocycles. The molecule has 128 valence electrons. The van der Waals surface area contributed by atoms with Crippen LogP contribution in [-0.2, 0) is 0 Å². The molecule has 0 radical (unpaired) electrons. The van der Waals surface area contributed by atoms with Gasteiger partial charge in [0.05, 0.1) is 18.2 Å². The maximum Gasteiger partial charge on any atom is 0.263 e. The highest BCUT2D eigenvalue weighted by Gasteiger charge is 2.32. The Labute approximate surface area is 159 Å². The van der Waals surface area contributed by atoms with Crippen molar-refractivity contribution in [3.05, 3.63) is 29.3 Å². The highest BCUT2D eigenvalue weighted by atomic mass is 32.2. The molecule has 2 aliphatic heterocycles. The third-order valence-corrected chi connectivity index (χ3v) is 6.94. The molecule has 24 heavy (non-hydrogen) atoms. The van der Waals surface area contributed by atoms with Crippen LogP contribution >= 0.6 is 48.4 Å². The molecule has 0 unspecified atom stereocenters. The second kappa shape index (κ2) is 7.55. The van der Waals surface area contributed by atoms with Crippen molar-refractivity contribution in [1.29, 1.82) is 0 Å². The van der Waals surface area contributed by atoms with Gasteiger partial charge in [0.1, 0.15) is 14.8 Å². The first-order valence-corrected chi connectivity index (χ1v) is 10.3. The first-order valence-electron chi connectivity index (χ1n) is 7.31. The van der Waals surface area contributed by atoms with Gasteiger partial charge in [0.2, 0.25) is 0 Å². The fourth-order valence-corrected chi connectivity index (χ4v) is 5.26. The van der Waals surface area contributed by atoms with E-state index in [1.165, 1.54) is 18.9 Å². The van der Waals surface area contributed by atoms with Crippen LogP contribution in [0.2, 0.25) is 0 Å². The Morgan fingerprint density at radius 1 is 1.25 bits per heavy atom. The van der Waals surface area contributed by atoms with E-state index in [0.717, 1.165) is 11.5 Å². The number of thiol groups is 1. The number of amides is 2. The van der Waals surface area contributed by atoms with Crippen molar-refractivity contribution in [2.24, 2.45) is 0 Å². The quantitative estimate of drug-likeness (QED) is 0.622. The summed E-state index contributed by atoms with van der Waals surface area (Å²) in [6.07, 6.45) is 0. The fourth-order valence-electron chi connectivity index (χ4n) is 2.63. The lowest BCUT2D eigenvalue weighted by atomic mass is 10.1. The minimum atomic E-state index is -0.227. The number of thiocarbonyl (C=S) groups is 1. The molecule has 1 aromatic carbocycles. The maximum absolute atomic E-state index is 12.8. The summed E-state index contributed by atoms with van der Waals surface area (Å²) < 4.78 is 5.82. The molecule has 9 heteroatoms. The van der Waals surface area contributed by atoms with Crippen molar-refractivity contribution in [3.8, 4) is 5.75 Å². The predicted molar refractivity (Wildman–Crippen MR) is 105 cm³/mol. The van der Waals surface area contributed by atoms with Crippen molar-refractivity contribution < 1.29 is 14.3 Å². The molecule has 0 saturated carbocycles. The van der Waals surface area contributed by atoms with E-state index in [0.29, 0.717) is 34.3 Å². The number of hydrogen-bond donors (Lipinski definition) is 1. The molecular weight excluding hydrogens is 384 g/mol. The number of benzene rings is 1. The van der Waals surface area contributed by atoms with Crippen molar-refractivity contribution in [2.45, 2.75) is 4.71 Å². The second-order valence-electron chi connectivity index (χ2n) is 5.15. The van der Waals surface area contributed by atoms with E-state index in [2.05, 4.69) is 12.6 Å². The third kappa shape index (κ3) is 3.26. The Morgan fingerprint density at radius 2 is 1.96 bits per heavy atom. The summed E-state index contributed by atoms with van der Waals surface area (Å²) >= 11 is 12.7. The van der Waals surface area contributed by atoms with Gasteiger partial charge in [-0.2, -0.15) is 0 Å². The van der Waals surface area contributed by atoms with Crippen LogP contribution in [0, 0.1) is 0 Å². The standard InChI is InChI=1S/C15H16N2O3S4/c1-20-11-9(12(18)16-5-7-23-14(16)21)3-2-4-10(11)13(19)17-6-8-24-15(17)22/h2-4,14,21H,5-8H2,1H3/t14-/m0/s1. The Bertz CT molecular complexity index is 697. The summed E-state index contributed by atoms with van der Waals surface area (Å²) in [5, 5.41) is 0. The topological polar surface area (TPSA) is 49.9 Å². The van der Waals surface area contributed by atoms with Crippen molar-refractivity contribution >= 4 is 64.5 Å². The average molecular weight is 401 g/mol.